The average Bonchev–Trinajstić information content (AvgIpc) is 3.60. The summed E-state index contributed by atoms with van der Waals surface area (Å²) in [6, 6.07) is 13.4. The van der Waals surface area contributed by atoms with Crippen LogP contribution in [0.4, 0.5) is 4.39 Å². The first-order valence-corrected chi connectivity index (χ1v) is 14.4. The fourth-order valence-electron chi connectivity index (χ4n) is 5.25. The molecule has 0 atom stereocenters. The minimum absolute atomic E-state index is 0.0314. The molecule has 0 spiro atoms. The number of imidazole rings is 1. The lowest BCUT2D eigenvalue weighted by Crippen LogP contribution is -2.34. The standard InChI is InChI=1S/C28H32FN3O3S/c1-20-7-5-8-21(15-20)19-36(34,35)28-30-17-26(32(28)25-11-3-2-4-12-25)18-31(24-13-14-24)27(33)22-9-6-10-23(29)16-22/h5-10,15-17,24-25H,2-4,11-14,18-19H2,1H3. The minimum Gasteiger partial charge on any atom is -0.330 e. The summed E-state index contributed by atoms with van der Waals surface area (Å²) in [4.78, 5) is 19.5. The van der Waals surface area contributed by atoms with Gasteiger partial charge in [0.2, 0.25) is 15.0 Å². The van der Waals surface area contributed by atoms with Crippen LogP contribution in [0.5, 0.6) is 0 Å². The number of carbonyl (C=O) groups excluding carboxylic acids is 1. The molecule has 0 saturated heterocycles. The monoisotopic (exact) mass is 509 g/mol. The number of rotatable bonds is 8. The lowest BCUT2D eigenvalue weighted by Gasteiger charge is -2.29. The van der Waals surface area contributed by atoms with Crippen LogP contribution in [0.3, 0.4) is 0 Å². The molecule has 0 aliphatic heterocycles. The third-order valence-electron chi connectivity index (χ3n) is 7.15. The second-order valence-corrected chi connectivity index (χ2v) is 12.0. The summed E-state index contributed by atoms with van der Waals surface area (Å²) in [5, 5.41) is 0.0832. The van der Waals surface area contributed by atoms with Crippen molar-refractivity contribution in [2.24, 2.45) is 0 Å². The summed E-state index contributed by atoms with van der Waals surface area (Å²) < 4.78 is 42.9. The van der Waals surface area contributed by atoms with Gasteiger partial charge in [-0.1, -0.05) is 55.2 Å². The van der Waals surface area contributed by atoms with Crippen molar-refractivity contribution in [3.8, 4) is 0 Å². The second-order valence-electron chi connectivity index (χ2n) is 10.1. The van der Waals surface area contributed by atoms with Gasteiger partial charge < -0.3 is 9.47 Å². The van der Waals surface area contributed by atoms with E-state index < -0.39 is 15.7 Å². The van der Waals surface area contributed by atoms with E-state index in [1.54, 1.807) is 17.2 Å². The molecule has 2 fully saturated rings. The molecule has 0 unspecified atom stereocenters. The van der Waals surface area contributed by atoms with Crippen molar-refractivity contribution < 1.29 is 17.6 Å². The molecule has 1 heterocycles. The molecule has 3 aromatic rings. The SMILES string of the molecule is Cc1cccc(CS(=O)(=O)c2ncc(CN(C(=O)c3cccc(F)c3)C3CC3)n2C2CCCCC2)c1. The first-order chi connectivity index (χ1) is 17.3. The summed E-state index contributed by atoms with van der Waals surface area (Å²) in [5.74, 6) is -0.808. The molecule has 0 bridgehead atoms. The van der Waals surface area contributed by atoms with Gasteiger partial charge in [0.25, 0.3) is 5.91 Å². The van der Waals surface area contributed by atoms with E-state index in [-0.39, 0.29) is 35.4 Å². The van der Waals surface area contributed by atoms with Crippen LogP contribution in [0, 0.1) is 12.7 Å². The first kappa shape index (κ1) is 24.7. The Kier molecular flexibility index (Phi) is 6.97. The largest absolute Gasteiger partial charge is 0.330 e. The Morgan fingerprint density at radius 2 is 1.81 bits per heavy atom. The van der Waals surface area contributed by atoms with Gasteiger partial charge in [0.1, 0.15) is 5.82 Å². The molecule has 1 amide bonds. The van der Waals surface area contributed by atoms with Crippen molar-refractivity contribution in [2.45, 2.75) is 81.4 Å². The maximum Gasteiger partial charge on any atom is 0.254 e. The minimum atomic E-state index is -3.71. The van der Waals surface area contributed by atoms with Crippen molar-refractivity contribution in [1.82, 2.24) is 14.5 Å². The van der Waals surface area contributed by atoms with Crippen molar-refractivity contribution in [1.29, 1.82) is 0 Å². The van der Waals surface area contributed by atoms with Crippen LogP contribution in [-0.2, 0) is 22.1 Å². The quantitative estimate of drug-likeness (QED) is 0.395. The summed E-state index contributed by atoms with van der Waals surface area (Å²) in [6.07, 6.45) is 8.37. The highest BCUT2D eigenvalue weighted by Gasteiger charge is 2.36. The molecule has 5 rings (SSSR count). The number of aryl methyl sites for hydroxylation is 1. The molecule has 2 aliphatic rings. The summed E-state index contributed by atoms with van der Waals surface area (Å²) in [6.45, 7) is 2.20. The first-order valence-electron chi connectivity index (χ1n) is 12.7. The van der Waals surface area contributed by atoms with Gasteiger partial charge in [0.15, 0.2) is 0 Å². The van der Waals surface area contributed by atoms with Crippen LogP contribution in [-0.4, -0.2) is 34.8 Å². The second kappa shape index (κ2) is 10.2. The van der Waals surface area contributed by atoms with Gasteiger partial charge in [-0.2, -0.15) is 0 Å². The van der Waals surface area contributed by atoms with Crippen molar-refractivity contribution >= 4 is 15.7 Å². The van der Waals surface area contributed by atoms with Crippen LogP contribution in [0.15, 0.2) is 59.9 Å². The van der Waals surface area contributed by atoms with Gasteiger partial charge >= 0.3 is 0 Å². The van der Waals surface area contributed by atoms with E-state index in [4.69, 9.17) is 0 Å². The Balaban J connectivity index is 1.49. The molecule has 0 N–H and O–H groups in total. The fraction of sp³-hybridized carbons (Fsp3) is 0.429. The Bertz CT molecular complexity index is 1360. The Morgan fingerprint density at radius 1 is 1.06 bits per heavy atom. The lowest BCUT2D eigenvalue weighted by molar-refractivity contribution is 0.0723. The average molecular weight is 510 g/mol. The zero-order valence-electron chi connectivity index (χ0n) is 20.6. The number of nitrogens with zero attached hydrogens (tertiary/aromatic N) is 3. The van der Waals surface area contributed by atoms with Crippen molar-refractivity contribution in [2.75, 3.05) is 0 Å². The molecule has 2 saturated carbocycles. The Morgan fingerprint density at radius 3 is 2.50 bits per heavy atom. The number of halogens is 1. The van der Waals surface area contributed by atoms with E-state index in [1.807, 2.05) is 35.8 Å². The summed E-state index contributed by atoms with van der Waals surface area (Å²) in [7, 11) is -3.71. The number of hydrogen-bond acceptors (Lipinski definition) is 4. The molecule has 190 valence electrons. The van der Waals surface area contributed by atoms with Gasteiger partial charge in [-0.05, 0) is 56.4 Å². The molecule has 36 heavy (non-hydrogen) atoms. The number of hydrogen-bond donors (Lipinski definition) is 0. The normalized spacial score (nSPS) is 16.7. The maximum absolute atomic E-state index is 13.8. The van der Waals surface area contributed by atoms with E-state index in [9.17, 15) is 17.6 Å². The number of benzene rings is 2. The number of sulfone groups is 1. The van der Waals surface area contributed by atoms with Gasteiger partial charge in [0, 0.05) is 17.6 Å². The van der Waals surface area contributed by atoms with E-state index in [0.717, 1.165) is 61.8 Å². The lowest BCUT2D eigenvalue weighted by atomic mass is 9.95. The van der Waals surface area contributed by atoms with Crippen LogP contribution < -0.4 is 0 Å². The third kappa shape index (κ3) is 5.38. The molecular weight excluding hydrogens is 477 g/mol. The fourth-order valence-corrected chi connectivity index (χ4v) is 6.78. The predicted octanol–water partition coefficient (Wildman–Crippen LogP) is 5.61. The Labute approximate surface area is 212 Å². The van der Waals surface area contributed by atoms with Gasteiger partial charge in [-0.15, -0.1) is 0 Å². The van der Waals surface area contributed by atoms with Crippen molar-refractivity contribution in [3.63, 3.8) is 0 Å². The molecule has 6 nitrogen and oxygen atoms in total. The highest BCUT2D eigenvalue weighted by Crippen LogP contribution is 2.35. The molecule has 2 aromatic carbocycles. The third-order valence-corrected chi connectivity index (χ3v) is 8.72. The highest BCUT2D eigenvalue weighted by atomic mass is 32.2. The molecular formula is C28H32FN3O3S. The summed E-state index contributed by atoms with van der Waals surface area (Å²) >= 11 is 0. The number of aromatic nitrogens is 2. The van der Waals surface area contributed by atoms with Gasteiger partial charge in [0.05, 0.1) is 24.2 Å². The zero-order chi connectivity index (χ0) is 25.3. The van der Waals surface area contributed by atoms with Crippen LogP contribution in [0.2, 0.25) is 0 Å². The highest BCUT2D eigenvalue weighted by molar-refractivity contribution is 7.90. The van der Waals surface area contributed by atoms with Crippen molar-refractivity contribution in [3.05, 3.63) is 82.9 Å². The Hall–Kier alpha value is -3.00. The maximum atomic E-state index is 13.8. The molecule has 1 aromatic heterocycles. The van der Waals surface area contributed by atoms with Crippen LogP contribution in [0.1, 0.15) is 78.2 Å². The van der Waals surface area contributed by atoms with E-state index in [1.165, 1.54) is 18.2 Å². The van der Waals surface area contributed by atoms with E-state index >= 15 is 0 Å². The topological polar surface area (TPSA) is 72.3 Å². The van der Waals surface area contributed by atoms with Crippen LogP contribution in [0.25, 0.3) is 0 Å². The molecule has 0 radical (unpaired) electrons. The zero-order valence-corrected chi connectivity index (χ0v) is 21.4. The molecule has 8 heteroatoms. The predicted molar refractivity (Wildman–Crippen MR) is 136 cm³/mol. The van der Waals surface area contributed by atoms with Gasteiger partial charge in [-0.25, -0.2) is 17.8 Å². The van der Waals surface area contributed by atoms with E-state index in [2.05, 4.69) is 4.98 Å². The van der Waals surface area contributed by atoms with Gasteiger partial charge in [-0.3, -0.25) is 4.79 Å². The van der Waals surface area contributed by atoms with Crippen LogP contribution >= 0.6 is 0 Å². The smallest absolute Gasteiger partial charge is 0.254 e. The van der Waals surface area contributed by atoms with E-state index in [0.29, 0.717) is 5.56 Å². The number of carbonyl (C=O) groups is 1. The summed E-state index contributed by atoms with van der Waals surface area (Å²) in [5.41, 5.74) is 2.77. The number of amides is 1. The molecule has 2 aliphatic carbocycles.